The molecule has 2 atom stereocenters. The Labute approximate surface area is 135 Å². The van der Waals surface area contributed by atoms with Crippen molar-refractivity contribution in [3.63, 3.8) is 0 Å². The maximum atomic E-state index is 12.0. The predicted octanol–water partition coefficient (Wildman–Crippen LogP) is 1.20. The molecular weight excluding hydrogens is 308 g/mol. The first kappa shape index (κ1) is 17.0. The molecule has 0 aliphatic carbocycles. The Balaban J connectivity index is 0.00000176. The first-order chi connectivity index (χ1) is 10.3. The smallest absolute Gasteiger partial charge is 0.243 e. The minimum absolute atomic E-state index is 0. The normalized spacial score (nSPS) is 24.4. The van der Waals surface area contributed by atoms with Crippen LogP contribution in [0, 0.1) is 0 Å². The Bertz CT molecular complexity index is 471. The summed E-state index contributed by atoms with van der Waals surface area (Å²) in [6.07, 6.45) is 1.06. The minimum atomic E-state index is -0.287. The van der Waals surface area contributed by atoms with Gasteiger partial charge in [-0.05, 0) is 24.3 Å². The molecule has 0 aromatic heterocycles. The van der Waals surface area contributed by atoms with Crippen molar-refractivity contribution in [3.8, 4) is 5.75 Å². The summed E-state index contributed by atoms with van der Waals surface area (Å²) in [5, 5.41) is 5.99. The number of halogens is 1. The molecule has 2 aliphatic rings. The number of nitrogens with one attached hydrogen (secondary N) is 2. The van der Waals surface area contributed by atoms with Crippen LogP contribution in [0.4, 0.5) is 5.69 Å². The Morgan fingerprint density at radius 3 is 2.59 bits per heavy atom. The average Bonchev–Trinajstić information content (AvgIpc) is 3.03. The van der Waals surface area contributed by atoms with Gasteiger partial charge in [-0.1, -0.05) is 0 Å². The molecule has 6 nitrogen and oxygen atoms in total. The molecule has 7 heteroatoms. The molecule has 1 amide bonds. The molecule has 0 saturated carbocycles. The van der Waals surface area contributed by atoms with Gasteiger partial charge in [0, 0.05) is 18.7 Å². The van der Waals surface area contributed by atoms with Crippen LogP contribution in [0.15, 0.2) is 24.3 Å². The monoisotopic (exact) mass is 328 g/mol. The van der Waals surface area contributed by atoms with Crippen LogP contribution in [-0.2, 0) is 14.3 Å². The van der Waals surface area contributed by atoms with Crippen molar-refractivity contribution in [2.24, 2.45) is 0 Å². The zero-order chi connectivity index (χ0) is 14.5. The molecule has 2 N–H and O–H groups in total. The SMILES string of the molecule is Cl.O=C(Nc1ccc(OC2CCOC2)cc1)C1COCCN1. The van der Waals surface area contributed by atoms with Gasteiger partial charge in [-0.15, -0.1) is 12.4 Å². The number of rotatable bonds is 4. The Morgan fingerprint density at radius 2 is 1.95 bits per heavy atom. The third kappa shape index (κ3) is 4.58. The molecule has 2 saturated heterocycles. The van der Waals surface area contributed by atoms with Gasteiger partial charge in [-0.2, -0.15) is 0 Å². The first-order valence-corrected chi connectivity index (χ1v) is 7.28. The number of hydrogen-bond donors (Lipinski definition) is 2. The number of hydrogen-bond acceptors (Lipinski definition) is 5. The number of benzene rings is 1. The Hall–Kier alpha value is -1.34. The van der Waals surface area contributed by atoms with Crippen molar-refractivity contribution in [1.29, 1.82) is 0 Å². The van der Waals surface area contributed by atoms with Crippen LogP contribution < -0.4 is 15.4 Å². The molecule has 122 valence electrons. The highest BCUT2D eigenvalue weighted by molar-refractivity contribution is 5.95. The van der Waals surface area contributed by atoms with Gasteiger partial charge in [0.1, 0.15) is 17.9 Å². The lowest BCUT2D eigenvalue weighted by Gasteiger charge is -2.22. The topological polar surface area (TPSA) is 68.8 Å². The zero-order valence-corrected chi connectivity index (χ0v) is 13.1. The zero-order valence-electron chi connectivity index (χ0n) is 12.2. The lowest BCUT2D eigenvalue weighted by molar-refractivity contribution is -0.120. The number of ether oxygens (including phenoxy) is 3. The van der Waals surface area contributed by atoms with E-state index in [0.717, 1.165) is 24.5 Å². The molecule has 1 aromatic rings. The van der Waals surface area contributed by atoms with E-state index in [0.29, 0.717) is 26.4 Å². The van der Waals surface area contributed by atoms with E-state index in [9.17, 15) is 4.79 Å². The van der Waals surface area contributed by atoms with Gasteiger partial charge in [0.15, 0.2) is 0 Å². The van der Waals surface area contributed by atoms with Gasteiger partial charge in [-0.3, -0.25) is 4.79 Å². The summed E-state index contributed by atoms with van der Waals surface area (Å²) in [6.45, 7) is 3.17. The Morgan fingerprint density at radius 1 is 1.18 bits per heavy atom. The van der Waals surface area contributed by atoms with Crippen LogP contribution in [0.3, 0.4) is 0 Å². The summed E-state index contributed by atoms with van der Waals surface area (Å²) >= 11 is 0. The molecule has 3 rings (SSSR count). The highest BCUT2D eigenvalue weighted by Gasteiger charge is 2.21. The number of carbonyl (C=O) groups is 1. The van der Waals surface area contributed by atoms with E-state index in [1.807, 2.05) is 24.3 Å². The molecule has 0 spiro atoms. The van der Waals surface area contributed by atoms with E-state index in [4.69, 9.17) is 14.2 Å². The molecular formula is C15H21ClN2O4. The quantitative estimate of drug-likeness (QED) is 0.869. The fourth-order valence-corrected chi connectivity index (χ4v) is 2.38. The number of morpholine rings is 1. The third-order valence-electron chi connectivity index (χ3n) is 3.55. The van der Waals surface area contributed by atoms with Crippen molar-refractivity contribution in [1.82, 2.24) is 5.32 Å². The van der Waals surface area contributed by atoms with Crippen molar-refractivity contribution < 1.29 is 19.0 Å². The second-order valence-corrected chi connectivity index (χ2v) is 5.20. The fourth-order valence-electron chi connectivity index (χ4n) is 2.38. The second-order valence-electron chi connectivity index (χ2n) is 5.20. The van der Waals surface area contributed by atoms with E-state index in [1.165, 1.54) is 0 Å². The van der Waals surface area contributed by atoms with E-state index < -0.39 is 0 Å². The van der Waals surface area contributed by atoms with Gasteiger partial charge in [-0.25, -0.2) is 0 Å². The van der Waals surface area contributed by atoms with Crippen molar-refractivity contribution in [2.45, 2.75) is 18.6 Å². The molecule has 0 bridgehead atoms. The molecule has 2 aliphatic heterocycles. The number of anilines is 1. The number of carbonyl (C=O) groups excluding carboxylic acids is 1. The lowest BCUT2D eigenvalue weighted by atomic mass is 10.2. The van der Waals surface area contributed by atoms with E-state index in [1.54, 1.807) is 0 Å². The van der Waals surface area contributed by atoms with Crippen LogP contribution in [0.5, 0.6) is 5.75 Å². The standard InChI is InChI=1S/C15H20N2O4.ClH/c18-15(14-10-20-8-6-16-14)17-11-1-3-12(4-2-11)21-13-5-7-19-9-13;/h1-4,13-14,16H,5-10H2,(H,17,18);1H. The van der Waals surface area contributed by atoms with Crippen LogP contribution in [0.2, 0.25) is 0 Å². The molecule has 2 fully saturated rings. The van der Waals surface area contributed by atoms with Crippen LogP contribution in [-0.4, -0.2) is 51.0 Å². The first-order valence-electron chi connectivity index (χ1n) is 7.28. The summed E-state index contributed by atoms with van der Waals surface area (Å²) in [5.41, 5.74) is 0.752. The highest BCUT2D eigenvalue weighted by Crippen LogP contribution is 2.19. The van der Waals surface area contributed by atoms with Gasteiger partial charge in [0.05, 0.1) is 26.4 Å². The van der Waals surface area contributed by atoms with Gasteiger partial charge in [0.2, 0.25) is 5.91 Å². The van der Waals surface area contributed by atoms with Gasteiger partial charge < -0.3 is 24.8 Å². The van der Waals surface area contributed by atoms with Crippen molar-refractivity contribution in [2.75, 3.05) is 38.3 Å². The lowest BCUT2D eigenvalue weighted by Crippen LogP contribution is -2.48. The van der Waals surface area contributed by atoms with Gasteiger partial charge in [0.25, 0.3) is 0 Å². The summed E-state index contributed by atoms with van der Waals surface area (Å²) in [5.74, 6) is 0.718. The predicted molar refractivity (Wildman–Crippen MR) is 84.8 cm³/mol. The molecule has 2 unspecified atom stereocenters. The fraction of sp³-hybridized carbons (Fsp3) is 0.533. The number of amides is 1. The summed E-state index contributed by atoms with van der Waals surface area (Å²) < 4.78 is 16.3. The maximum absolute atomic E-state index is 12.0. The van der Waals surface area contributed by atoms with E-state index >= 15 is 0 Å². The van der Waals surface area contributed by atoms with Gasteiger partial charge >= 0.3 is 0 Å². The van der Waals surface area contributed by atoms with Crippen LogP contribution >= 0.6 is 12.4 Å². The van der Waals surface area contributed by atoms with Crippen LogP contribution in [0.1, 0.15) is 6.42 Å². The summed E-state index contributed by atoms with van der Waals surface area (Å²) in [4.78, 5) is 12.0. The molecule has 2 heterocycles. The third-order valence-corrected chi connectivity index (χ3v) is 3.55. The maximum Gasteiger partial charge on any atom is 0.243 e. The van der Waals surface area contributed by atoms with Crippen molar-refractivity contribution in [3.05, 3.63) is 24.3 Å². The van der Waals surface area contributed by atoms with E-state index in [-0.39, 0.29) is 30.5 Å². The van der Waals surface area contributed by atoms with Crippen molar-refractivity contribution >= 4 is 24.0 Å². The average molecular weight is 329 g/mol. The minimum Gasteiger partial charge on any atom is -0.488 e. The summed E-state index contributed by atoms with van der Waals surface area (Å²) in [7, 11) is 0. The summed E-state index contributed by atoms with van der Waals surface area (Å²) in [6, 6.07) is 7.11. The molecule has 22 heavy (non-hydrogen) atoms. The Kier molecular flexibility index (Phi) is 6.45. The highest BCUT2D eigenvalue weighted by atomic mass is 35.5. The van der Waals surface area contributed by atoms with E-state index in [2.05, 4.69) is 10.6 Å². The molecule has 1 aromatic carbocycles. The van der Waals surface area contributed by atoms with Crippen LogP contribution in [0.25, 0.3) is 0 Å². The molecule has 0 radical (unpaired) electrons. The second kappa shape index (κ2) is 8.33. The largest absolute Gasteiger partial charge is 0.488 e.